The van der Waals surface area contributed by atoms with Crippen LogP contribution in [0.4, 0.5) is 4.39 Å². The average molecular weight is 350 g/mol. The Morgan fingerprint density at radius 3 is 2.80 bits per heavy atom. The predicted octanol–water partition coefficient (Wildman–Crippen LogP) is 1.49. The Balaban J connectivity index is 1.57. The van der Waals surface area contributed by atoms with Crippen molar-refractivity contribution in [1.82, 2.24) is 10.2 Å². The number of hydrogen-bond acceptors (Lipinski definition) is 4. The number of ether oxygens (including phenoxy) is 1. The van der Waals surface area contributed by atoms with E-state index in [2.05, 4.69) is 5.32 Å². The van der Waals surface area contributed by atoms with Crippen LogP contribution in [0.25, 0.3) is 0 Å². The van der Waals surface area contributed by atoms with Crippen molar-refractivity contribution >= 4 is 5.91 Å². The van der Waals surface area contributed by atoms with E-state index in [4.69, 9.17) is 4.74 Å². The van der Waals surface area contributed by atoms with Crippen molar-refractivity contribution in [3.8, 4) is 0 Å². The van der Waals surface area contributed by atoms with E-state index in [0.29, 0.717) is 25.3 Å². The van der Waals surface area contributed by atoms with Crippen molar-refractivity contribution in [2.75, 3.05) is 26.7 Å². The van der Waals surface area contributed by atoms with Gasteiger partial charge in [-0.05, 0) is 50.9 Å². The fraction of sp³-hybridized carbons (Fsp3) is 0.632. The lowest BCUT2D eigenvalue weighted by Gasteiger charge is -2.50. The minimum absolute atomic E-state index is 0.0178. The number of nitrogens with zero attached hydrogens (tertiary/aromatic N) is 1. The molecular weight excluding hydrogens is 323 g/mol. The molecule has 1 aromatic carbocycles. The number of carbonyl (C=O) groups is 1. The second-order valence-electron chi connectivity index (χ2n) is 7.56. The summed E-state index contributed by atoms with van der Waals surface area (Å²) < 4.78 is 19.3. The molecule has 1 amide bonds. The largest absolute Gasteiger partial charge is 0.386 e. The fourth-order valence-electron chi connectivity index (χ4n) is 3.91. The Bertz CT molecular complexity index is 627. The van der Waals surface area contributed by atoms with Gasteiger partial charge in [-0.15, -0.1) is 0 Å². The van der Waals surface area contributed by atoms with Crippen molar-refractivity contribution in [2.45, 2.75) is 49.9 Å². The molecule has 2 N–H and O–H groups in total. The first kappa shape index (κ1) is 18.3. The van der Waals surface area contributed by atoms with Gasteiger partial charge < -0.3 is 20.1 Å². The average Bonchev–Trinajstić information content (AvgIpc) is 2.58. The van der Waals surface area contributed by atoms with Gasteiger partial charge in [0.2, 0.25) is 5.91 Å². The number of likely N-dealkylation sites (N-methyl/N-ethyl adjacent to an activating group) is 1. The maximum Gasteiger partial charge on any atom is 0.226 e. The van der Waals surface area contributed by atoms with Gasteiger partial charge in [0.25, 0.3) is 0 Å². The van der Waals surface area contributed by atoms with Crippen molar-refractivity contribution in [3.05, 3.63) is 35.6 Å². The summed E-state index contributed by atoms with van der Waals surface area (Å²) in [5.41, 5.74) is -0.443. The molecule has 0 saturated carbocycles. The van der Waals surface area contributed by atoms with E-state index in [1.165, 1.54) is 12.1 Å². The number of nitrogens with one attached hydrogen (secondary N) is 1. The Hall–Kier alpha value is -1.50. The number of rotatable bonds is 3. The summed E-state index contributed by atoms with van der Waals surface area (Å²) in [6, 6.07) is 6.18. The highest BCUT2D eigenvalue weighted by molar-refractivity contribution is 5.78. The molecule has 2 atom stereocenters. The van der Waals surface area contributed by atoms with E-state index in [0.717, 1.165) is 19.3 Å². The zero-order valence-electron chi connectivity index (χ0n) is 14.9. The second kappa shape index (κ2) is 7.02. The Kier molecular flexibility index (Phi) is 5.14. The van der Waals surface area contributed by atoms with Crippen molar-refractivity contribution < 1.29 is 19.0 Å². The summed E-state index contributed by atoms with van der Waals surface area (Å²) in [7, 11) is 1.86. The van der Waals surface area contributed by atoms with Crippen LogP contribution in [-0.2, 0) is 16.0 Å². The highest BCUT2D eigenvalue weighted by Crippen LogP contribution is 2.38. The zero-order valence-corrected chi connectivity index (χ0v) is 14.9. The summed E-state index contributed by atoms with van der Waals surface area (Å²) >= 11 is 0. The van der Waals surface area contributed by atoms with Gasteiger partial charge in [-0.3, -0.25) is 4.79 Å². The summed E-state index contributed by atoms with van der Waals surface area (Å²) in [6.45, 7) is 3.36. The number of carbonyl (C=O) groups excluding carboxylic acids is 1. The van der Waals surface area contributed by atoms with E-state index in [-0.39, 0.29) is 29.8 Å². The lowest BCUT2D eigenvalue weighted by Crippen LogP contribution is -2.62. The van der Waals surface area contributed by atoms with E-state index < -0.39 is 5.60 Å². The molecule has 0 unspecified atom stereocenters. The normalized spacial score (nSPS) is 29.0. The standard InChI is InChI=1S/C19H27FN2O3/c1-18(24)13-25-19(12-16(18)21-2)6-8-22(9-7-19)17(23)11-14-4-3-5-15(20)10-14/h3-5,10,16,21,24H,6-9,11-13H2,1-2H3/t16-,18-/m0/s1. The molecule has 2 heterocycles. The van der Waals surface area contributed by atoms with E-state index in [9.17, 15) is 14.3 Å². The lowest BCUT2D eigenvalue weighted by atomic mass is 9.77. The van der Waals surface area contributed by atoms with Crippen molar-refractivity contribution in [3.63, 3.8) is 0 Å². The molecule has 2 fully saturated rings. The molecule has 0 aromatic heterocycles. The molecule has 0 bridgehead atoms. The van der Waals surface area contributed by atoms with Crippen LogP contribution >= 0.6 is 0 Å². The molecule has 1 spiro atoms. The molecule has 138 valence electrons. The lowest BCUT2D eigenvalue weighted by molar-refractivity contribution is -0.192. The number of halogens is 1. The number of amides is 1. The molecule has 25 heavy (non-hydrogen) atoms. The number of likely N-dealkylation sites (tertiary alicyclic amines) is 1. The van der Waals surface area contributed by atoms with Gasteiger partial charge in [0.05, 0.1) is 18.6 Å². The van der Waals surface area contributed by atoms with E-state index >= 15 is 0 Å². The third-order valence-electron chi connectivity index (χ3n) is 5.62. The highest BCUT2D eigenvalue weighted by Gasteiger charge is 2.48. The topological polar surface area (TPSA) is 61.8 Å². The van der Waals surface area contributed by atoms with E-state index in [1.54, 1.807) is 19.1 Å². The maximum absolute atomic E-state index is 13.3. The molecule has 3 rings (SSSR count). The monoisotopic (exact) mass is 350 g/mol. The van der Waals surface area contributed by atoms with Crippen LogP contribution in [-0.4, -0.2) is 59.9 Å². The zero-order chi connectivity index (χ0) is 18.1. The Morgan fingerprint density at radius 1 is 1.44 bits per heavy atom. The second-order valence-corrected chi connectivity index (χ2v) is 7.56. The van der Waals surface area contributed by atoms with E-state index in [1.807, 2.05) is 11.9 Å². The van der Waals surface area contributed by atoms with Crippen LogP contribution in [0.5, 0.6) is 0 Å². The minimum Gasteiger partial charge on any atom is -0.386 e. The molecule has 6 heteroatoms. The maximum atomic E-state index is 13.3. The van der Waals surface area contributed by atoms with Gasteiger partial charge in [0.15, 0.2) is 0 Å². The van der Waals surface area contributed by atoms with Crippen LogP contribution < -0.4 is 5.32 Å². The molecule has 0 aliphatic carbocycles. The third-order valence-corrected chi connectivity index (χ3v) is 5.62. The first-order valence-corrected chi connectivity index (χ1v) is 8.89. The first-order chi connectivity index (χ1) is 11.8. The van der Waals surface area contributed by atoms with Gasteiger partial charge in [0.1, 0.15) is 11.4 Å². The van der Waals surface area contributed by atoms with Crippen LogP contribution in [0.1, 0.15) is 31.7 Å². The number of aliphatic hydroxyl groups is 1. The van der Waals surface area contributed by atoms with Crippen LogP contribution in [0.15, 0.2) is 24.3 Å². The number of benzene rings is 1. The Morgan fingerprint density at radius 2 is 2.16 bits per heavy atom. The van der Waals surface area contributed by atoms with Gasteiger partial charge in [0, 0.05) is 19.1 Å². The van der Waals surface area contributed by atoms with Gasteiger partial charge in [-0.2, -0.15) is 0 Å². The fourth-order valence-corrected chi connectivity index (χ4v) is 3.91. The first-order valence-electron chi connectivity index (χ1n) is 8.89. The summed E-state index contributed by atoms with van der Waals surface area (Å²) in [4.78, 5) is 14.3. The summed E-state index contributed by atoms with van der Waals surface area (Å²) in [5.74, 6) is -0.294. The van der Waals surface area contributed by atoms with Gasteiger partial charge >= 0.3 is 0 Å². The summed E-state index contributed by atoms with van der Waals surface area (Å²) in [6.07, 6.45) is 2.48. The van der Waals surface area contributed by atoms with Gasteiger partial charge in [-0.25, -0.2) is 4.39 Å². The molecule has 2 saturated heterocycles. The van der Waals surface area contributed by atoms with Gasteiger partial charge in [-0.1, -0.05) is 12.1 Å². The number of piperidine rings is 1. The van der Waals surface area contributed by atoms with Crippen LogP contribution in [0.3, 0.4) is 0 Å². The highest BCUT2D eigenvalue weighted by atomic mass is 19.1. The SMILES string of the molecule is CN[C@H]1CC2(CCN(C(=O)Cc3cccc(F)c3)CC2)OC[C@]1(C)O. The van der Waals surface area contributed by atoms with Crippen molar-refractivity contribution in [1.29, 1.82) is 0 Å². The number of hydrogen-bond donors (Lipinski definition) is 2. The van der Waals surface area contributed by atoms with Crippen molar-refractivity contribution in [2.24, 2.45) is 0 Å². The third kappa shape index (κ3) is 4.02. The van der Waals surface area contributed by atoms with Crippen LogP contribution in [0, 0.1) is 5.82 Å². The molecule has 2 aliphatic rings. The quantitative estimate of drug-likeness (QED) is 0.867. The minimum atomic E-state index is -0.871. The molecule has 0 radical (unpaired) electrons. The Labute approximate surface area is 148 Å². The predicted molar refractivity (Wildman–Crippen MR) is 92.7 cm³/mol. The molecule has 1 aromatic rings. The molecular formula is C19H27FN2O3. The molecule has 2 aliphatic heterocycles. The summed E-state index contributed by atoms with van der Waals surface area (Å²) in [5, 5.41) is 13.6. The molecule has 5 nitrogen and oxygen atoms in total. The smallest absolute Gasteiger partial charge is 0.226 e. The van der Waals surface area contributed by atoms with Crippen LogP contribution in [0.2, 0.25) is 0 Å².